The number of aryl methyl sites for hydroxylation is 1. The van der Waals surface area contributed by atoms with Crippen LogP contribution in [0.4, 0.5) is 0 Å². The van der Waals surface area contributed by atoms with Crippen LogP contribution in [0.15, 0.2) is 24.4 Å². The highest BCUT2D eigenvalue weighted by molar-refractivity contribution is 5.79. The third kappa shape index (κ3) is 1.35. The molecule has 2 aromatic rings. The van der Waals surface area contributed by atoms with E-state index in [4.69, 9.17) is 0 Å². The summed E-state index contributed by atoms with van der Waals surface area (Å²) in [6.45, 7) is 2.09. The van der Waals surface area contributed by atoms with E-state index in [1.165, 1.54) is 16.5 Å². The molecule has 3 rings (SSSR count). The largest absolute Gasteiger partial charge is 0.393 e. The van der Waals surface area contributed by atoms with Crippen LogP contribution < -0.4 is 0 Å². The molecule has 0 bridgehead atoms. The summed E-state index contributed by atoms with van der Waals surface area (Å²) in [7, 11) is 0. The number of aromatic nitrogens is 2. The molecular weight excluding hydrogens is 188 g/mol. The molecule has 0 unspecified atom stereocenters. The fourth-order valence-electron chi connectivity index (χ4n) is 2.20. The maximum atomic E-state index is 9.30. The van der Waals surface area contributed by atoms with Crippen LogP contribution >= 0.6 is 0 Å². The Morgan fingerprint density at radius 3 is 2.93 bits per heavy atom. The monoisotopic (exact) mass is 202 g/mol. The van der Waals surface area contributed by atoms with Gasteiger partial charge in [0.2, 0.25) is 0 Å². The molecule has 0 amide bonds. The maximum absolute atomic E-state index is 9.30. The smallest absolute Gasteiger partial charge is 0.0688 e. The summed E-state index contributed by atoms with van der Waals surface area (Å²) >= 11 is 0. The van der Waals surface area contributed by atoms with Crippen molar-refractivity contribution in [3.8, 4) is 0 Å². The lowest BCUT2D eigenvalue weighted by atomic mass is 9.89. The zero-order valence-corrected chi connectivity index (χ0v) is 8.72. The first-order valence-electron chi connectivity index (χ1n) is 5.36. The van der Waals surface area contributed by atoms with Crippen molar-refractivity contribution < 1.29 is 5.11 Å². The van der Waals surface area contributed by atoms with E-state index in [0.29, 0.717) is 6.04 Å². The molecule has 0 spiro atoms. The van der Waals surface area contributed by atoms with Crippen molar-refractivity contribution in [2.45, 2.75) is 31.9 Å². The van der Waals surface area contributed by atoms with Crippen molar-refractivity contribution in [1.29, 1.82) is 0 Å². The number of hydrogen-bond donors (Lipinski definition) is 1. The Kier molecular flexibility index (Phi) is 1.83. The van der Waals surface area contributed by atoms with Gasteiger partial charge in [-0.2, -0.15) is 5.10 Å². The highest BCUT2D eigenvalue weighted by Gasteiger charge is 2.30. The first kappa shape index (κ1) is 8.92. The highest BCUT2D eigenvalue weighted by atomic mass is 16.3. The predicted molar refractivity (Wildman–Crippen MR) is 58.7 cm³/mol. The second-order valence-electron chi connectivity index (χ2n) is 4.43. The van der Waals surface area contributed by atoms with Gasteiger partial charge in [-0.3, -0.25) is 4.68 Å². The predicted octanol–water partition coefficient (Wildman–Crippen LogP) is 2.04. The summed E-state index contributed by atoms with van der Waals surface area (Å²) in [6.07, 6.45) is 3.45. The molecule has 1 heterocycles. The molecule has 1 fully saturated rings. The Bertz CT molecular complexity index is 497. The van der Waals surface area contributed by atoms with E-state index in [1.54, 1.807) is 0 Å². The molecule has 1 aromatic heterocycles. The van der Waals surface area contributed by atoms with Gasteiger partial charge in [0.05, 0.1) is 23.9 Å². The molecule has 15 heavy (non-hydrogen) atoms. The summed E-state index contributed by atoms with van der Waals surface area (Å²) in [4.78, 5) is 0. The minimum Gasteiger partial charge on any atom is -0.393 e. The number of hydrogen-bond acceptors (Lipinski definition) is 2. The van der Waals surface area contributed by atoms with Gasteiger partial charge in [0.15, 0.2) is 0 Å². The molecule has 1 aliphatic rings. The molecule has 0 aliphatic heterocycles. The number of benzene rings is 1. The molecule has 0 saturated heterocycles. The second kappa shape index (κ2) is 3.07. The lowest BCUT2D eigenvalue weighted by Crippen LogP contribution is -2.31. The number of aliphatic hydroxyl groups is 1. The van der Waals surface area contributed by atoms with Crippen molar-refractivity contribution in [2.75, 3.05) is 0 Å². The second-order valence-corrected chi connectivity index (χ2v) is 4.43. The van der Waals surface area contributed by atoms with Crippen LogP contribution in [0.25, 0.3) is 10.9 Å². The van der Waals surface area contributed by atoms with Crippen LogP contribution in [-0.4, -0.2) is 21.0 Å². The minimum absolute atomic E-state index is 0.126. The van der Waals surface area contributed by atoms with Gasteiger partial charge in [0.1, 0.15) is 0 Å². The van der Waals surface area contributed by atoms with Gasteiger partial charge in [0, 0.05) is 5.39 Å². The Morgan fingerprint density at radius 1 is 1.40 bits per heavy atom. The van der Waals surface area contributed by atoms with Crippen molar-refractivity contribution in [3.63, 3.8) is 0 Å². The van der Waals surface area contributed by atoms with Crippen LogP contribution in [0.3, 0.4) is 0 Å². The van der Waals surface area contributed by atoms with Gasteiger partial charge in [-0.1, -0.05) is 12.1 Å². The van der Waals surface area contributed by atoms with Crippen molar-refractivity contribution in [2.24, 2.45) is 0 Å². The lowest BCUT2D eigenvalue weighted by Gasteiger charge is -2.31. The lowest BCUT2D eigenvalue weighted by molar-refractivity contribution is 0.0453. The van der Waals surface area contributed by atoms with E-state index in [-0.39, 0.29) is 6.10 Å². The number of fused-ring (bicyclic) bond motifs is 1. The standard InChI is InChI=1S/C12H14N2O/c1-8-2-3-9-7-13-14(12(9)4-8)10-5-11(15)6-10/h2-4,7,10-11,15H,5-6H2,1H3. The molecule has 1 N–H and O–H groups in total. The fraction of sp³-hybridized carbons (Fsp3) is 0.417. The van der Waals surface area contributed by atoms with E-state index >= 15 is 0 Å². The molecule has 78 valence electrons. The quantitative estimate of drug-likeness (QED) is 0.768. The molecule has 1 aromatic carbocycles. The first-order chi connectivity index (χ1) is 7.24. The van der Waals surface area contributed by atoms with Gasteiger partial charge >= 0.3 is 0 Å². The Morgan fingerprint density at radius 2 is 2.20 bits per heavy atom. The average Bonchev–Trinajstić information content (AvgIpc) is 2.56. The molecule has 3 nitrogen and oxygen atoms in total. The van der Waals surface area contributed by atoms with E-state index in [9.17, 15) is 5.11 Å². The van der Waals surface area contributed by atoms with Gasteiger partial charge in [-0.05, 0) is 31.4 Å². The normalized spacial score (nSPS) is 25.5. The molecule has 1 aliphatic carbocycles. The van der Waals surface area contributed by atoms with E-state index in [2.05, 4.69) is 34.9 Å². The van der Waals surface area contributed by atoms with Crippen LogP contribution in [0.2, 0.25) is 0 Å². The molecular formula is C12H14N2O. The summed E-state index contributed by atoms with van der Waals surface area (Å²) in [6, 6.07) is 6.75. The minimum atomic E-state index is -0.126. The van der Waals surface area contributed by atoms with Crippen LogP contribution in [-0.2, 0) is 0 Å². The fourth-order valence-corrected chi connectivity index (χ4v) is 2.20. The molecule has 0 radical (unpaired) electrons. The van der Waals surface area contributed by atoms with Gasteiger partial charge in [-0.15, -0.1) is 0 Å². The van der Waals surface area contributed by atoms with Crippen LogP contribution in [0.5, 0.6) is 0 Å². The summed E-state index contributed by atoms with van der Waals surface area (Å²) < 4.78 is 2.05. The van der Waals surface area contributed by atoms with Gasteiger partial charge in [0.25, 0.3) is 0 Å². The highest BCUT2D eigenvalue weighted by Crippen LogP contribution is 2.34. The summed E-state index contributed by atoms with van der Waals surface area (Å²) in [5.41, 5.74) is 2.44. The number of rotatable bonds is 1. The Labute approximate surface area is 88.3 Å². The van der Waals surface area contributed by atoms with Crippen LogP contribution in [0, 0.1) is 6.92 Å². The third-order valence-corrected chi connectivity index (χ3v) is 3.19. The van der Waals surface area contributed by atoms with Crippen molar-refractivity contribution in [1.82, 2.24) is 9.78 Å². The molecule has 1 saturated carbocycles. The van der Waals surface area contributed by atoms with E-state index in [0.717, 1.165) is 12.8 Å². The zero-order valence-electron chi connectivity index (χ0n) is 8.72. The van der Waals surface area contributed by atoms with E-state index < -0.39 is 0 Å². The number of nitrogens with zero attached hydrogens (tertiary/aromatic N) is 2. The van der Waals surface area contributed by atoms with Crippen LogP contribution in [0.1, 0.15) is 24.4 Å². The average molecular weight is 202 g/mol. The Hall–Kier alpha value is -1.35. The molecule has 3 heteroatoms. The zero-order chi connectivity index (χ0) is 10.4. The van der Waals surface area contributed by atoms with Gasteiger partial charge < -0.3 is 5.11 Å². The van der Waals surface area contributed by atoms with Crippen molar-refractivity contribution in [3.05, 3.63) is 30.0 Å². The third-order valence-electron chi connectivity index (χ3n) is 3.19. The summed E-state index contributed by atoms with van der Waals surface area (Å²) in [5, 5.41) is 14.9. The topological polar surface area (TPSA) is 38.0 Å². The maximum Gasteiger partial charge on any atom is 0.0688 e. The first-order valence-corrected chi connectivity index (χ1v) is 5.36. The molecule has 0 atom stereocenters. The van der Waals surface area contributed by atoms with E-state index in [1.807, 2.05) is 6.20 Å². The SMILES string of the molecule is Cc1ccc2cnn(C3CC(O)C3)c2c1. The summed E-state index contributed by atoms with van der Waals surface area (Å²) in [5.74, 6) is 0. The Balaban J connectivity index is 2.07. The van der Waals surface area contributed by atoms with Gasteiger partial charge in [-0.25, -0.2) is 0 Å². The van der Waals surface area contributed by atoms with Crippen molar-refractivity contribution >= 4 is 10.9 Å². The number of aliphatic hydroxyl groups excluding tert-OH is 1.